The van der Waals surface area contributed by atoms with Crippen molar-refractivity contribution in [2.75, 3.05) is 6.67 Å². The van der Waals surface area contributed by atoms with Crippen molar-refractivity contribution >= 4 is 27.0 Å². The summed E-state index contributed by atoms with van der Waals surface area (Å²) < 4.78 is 46.6. The molecule has 1 heterocycles. The third kappa shape index (κ3) is 3.72. The molecule has 27 heavy (non-hydrogen) atoms. The van der Waals surface area contributed by atoms with Gasteiger partial charge in [0.2, 0.25) is 15.8 Å². The largest absolute Gasteiger partial charge is 0.475 e. The molecule has 6 nitrogen and oxygen atoms in total. The summed E-state index contributed by atoms with van der Waals surface area (Å²) >= 11 is 0. The van der Waals surface area contributed by atoms with Crippen LogP contribution < -0.4 is 4.72 Å². The normalized spacial score (nSPS) is 13.0. The minimum atomic E-state index is -4.03. The fraction of sp³-hybridized carbons (Fsp3) is 0.211. The van der Waals surface area contributed by atoms with E-state index in [9.17, 15) is 17.6 Å². The smallest absolute Gasteiger partial charge is 0.372 e. The summed E-state index contributed by atoms with van der Waals surface area (Å²) in [5.74, 6) is -1.47. The van der Waals surface area contributed by atoms with Crippen LogP contribution in [0, 0.1) is 13.8 Å². The van der Waals surface area contributed by atoms with E-state index in [0.29, 0.717) is 16.5 Å². The fourth-order valence-electron chi connectivity index (χ4n) is 2.90. The van der Waals surface area contributed by atoms with Gasteiger partial charge in [0.05, 0.1) is 10.9 Å². The predicted octanol–water partition coefficient (Wildman–Crippen LogP) is 3.74. The number of alkyl halides is 1. The molecule has 0 spiro atoms. The minimum absolute atomic E-state index is 0.0954. The highest BCUT2D eigenvalue weighted by molar-refractivity contribution is 7.89. The third-order valence-corrected chi connectivity index (χ3v) is 5.78. The number of hydrogen-bond acceptors (Lipinski definition) is 4. The standard InChI is InChI=1S/C19H18FNO5S/c1-11-4-3-5-13(8-11)16(10-20)21-27(24,25)14-6-7-17-15(9-14)12(2)18(26-17)19(22)23/h3-9,16,21H,10H2,1-2H3,(H,22,23). The maximum Gasteiger partial charge on any atom is 0.372 e. The van der Waals surface area contributed by atoms with Gasteiger partial charge in [-0.05, 0) is 37.6 Å². The van der Waals surface area contributed by atoms with Gasteiger partial charge in [0.1, 0.15) is 12.3 Å². The van der Waals surface area contributed by atoms with Gasteiger partial charge in [-0.3, -0.25) is 0 Å². The number of nitrogens with one attached hydrogen (secondary N) is 1. The van der Waals surface area contributed by atoms with Crippen LogP contribution >= 0.6 is 0 Å². The van der Waals surface area contributed by atoms with E-state index in [1.807, 2.05) is 13.0 Å². The molecule has 0 saturated carbocycles. The predicted molar refractivity (Wildman–Crippen MR) is 98.1 cm³/mol. The molecule has 0 aliphatic carbocycles. The Labute approximate surface area is 155 Å². The van der Waals surface area contributed by atoms with Gasteiger partial charge in [-0.15, -0.1) is 0 Å². The maximum absolute atomic E-state index is 13.5. The lowest BCUT2D eigenvalue weighted by atomic mass is 10.1. The summed E-state index contributed by atoms with van der Waals surface area (Å²) in [6.45, 7) is 2.47. The van der Waals surface area contributed by atoms with Crippen LogP contribution in [0.2, 0.25) is 0 Å². The highest BCUT2D eigenvalue weighted by Crippen LogP contribution is 2.28. The van der Waals surface area contributed by atoms with Crippen molar-refractivity contribution in [2.24, 2.45) is 0 Å². The van der Waals surface area contributed by atoms with Crippen LogP contribution in [0.15, 0.2) is 51.8 Å². The molecule has 1 aromatic heterocycles. The molecule has 142 valence electrons. The molecule has 8 heteroatoms. The third-order valence-electron chi connectivity index (χ3n) is 4.31. The van der Waals surface area contributed by atoms with E-state index in [-0.39, 0.29) is 16.2 Å². The summed E-state index contributed by atoms with van der Waals surface area (Å²) in [5, 5.41) is 9.51. The number of aromatic carboxylic acids is 1. The minimum Gasteiger partial charge on any atom is -0.475 e. The Kier molecular flexibility index (Phi) is 5.03. The van der Waals surface area contributed by atoms with Gasteiger partial charge < -0.3 is 9.52 Å². The Balaban J connectivity index is 1.98. The highest BCUT2D eigenvalue weighted by Gasteiger charge is 2.24. The Hall–Kier alpha value is -2.71. The number of fused-ring (bicyclic) bond motifs is 1. The zero-order valence-electron chi connectivity index (χ0n) is 14.7. The van der Waals surface area contributed by atoms with Crippen molar-refractivity contribution in [2.45, 2.75) is 24.8 Å². The summed E-state index contributed by atoms with van der Waals surface area (Å²) in [6, 6.07) is 9.93. The molecule has 0 radical (unpaired) electrons. The first-order valence-corrected chi connectivity index (χ1v) is 9.62. The zero-order chi connectivity index (χ0) is 19.8. The molecule has 0 aliphatic rings. The Morgan fingerprint density at radius 2 is 1.96 bits per heavy atom. The number of hydrogen-bond donors (Lipinski definition) is 2. The Bertz CT molecular complexity index is 1120. The average molecular weight is 391 g/mol. The van der Waals surface area contributed by atoms with Crippen LogP contribution in [0.4, 0.5) is 4.39 Å². The molecular formula is C19H18FNO5S. The maximum atomic E-state index is 13.5. The van der Waals surface area contributed by atoms with Crippen molar-refractivity contribution in [1.82, 2.24) is 4.72 Å². The molecule has 0 saturated heterocycles. The molecular weight excluding hydrogens is 373 g/mol. The number of rotatable bonds is 6. The van der Waals surface area contributed by atoms with E-state index < -0.39 is 28.7 Å². The lowest BCUT2D eigenvalue weighted by Crippen LogP contribution is -2.30. The van der Waals surface area contributed by atoms with Crippen molar-refractivity contribution in [3.8, 4) is 0 Å². The number of carboxylic acid groups (broad SMARTS) is 1. The second-order valence-electron chi connectivity index (χ2n) is 6.26. The zero-order valence-corrected chi connectivity index (χ0v) is 15.5. The van der Waals surface area contributed by atoms with Crippen LogP contribution in [0.25, 0.3) is 11.0 Å². The first kappa shape index (κ1) is 19.1. The summed E-state index contributed by atoms with van der Waals surface area (Å²) in [4.78, 5) is 11.1. The molecule has 2 aromatic carbocycles. The fourth-order valence-corrected chi connectivity index (χ4v) is 4.13. The number of aryl methyl sites for hydroxylation is 2. The van der Waals surface area contributed by atoms with Crippen LogP contribution in [-0.2, 0) is 10.0 Å². The molecule has 0 amide bonds. The van der Waals surface area contributed by atoms with Gasteiger partial charge in [-0.25, -0.2) is 22.3 Å². The second-order valence-corrected chi connectivity index (χ2v) is 7.98. The number of benzene rings is 2. The quantitative estimate of drug-likeness (QED) is 0.667. The van der Waals surface area contributed by atoms with Gasteiger partial charge in [-0.2, -0.15) is 0 Å². The molecule has 1 unspecified atom stereocenters. The van der Waals surface area contributed by atoms with E-state index in [0.717, 1.165) is 5.56 Å². The van der Waals surface area contributed by atoms with E-state index >= 15 is 0 Å². The van der Waals surface area contributed by atoms with E-state index in [2.05, 4.69) is 4.72 Å². The molecule has 0 aliphatic heterocycles. The number of sulfonamides is 1. The number of carbonyl (C=O) groups is 1. The first-order chi connectivity index (χ1) is 12.7. The van der Waals surface area contributed by atoms with Gasteiger partial charge in [0.25, 0.3) is 0 Å². The highest BCUT2D eigenvalue weighted by atomic mass is 32.2. The number of carboxylic acids is 1. The van der Waals surface area contributed by atoms with E-state index in [4.69, 9.17) is 9.52 Å². The van der Waals surface area contributed by atoms with Crippen molar-refractivity contribution in [3.63, 3.8) is 0 Å². The van der Waals surface area contributed by atoms with Crippen molar-refractivity contribution in [1.29, 1.82) is 0 Å². The number of furan rings is 1. The average Bonchev–Trinajstić information content (AvgIpc) is 2.96. The lowest BCUT2D eigenvalue weighted by molar-refractivity contribution is 0.0664. The van der Waals surface area contributed by atoms with Crippen LogP contribution in [0.5, 0.6) is 0 Å². The molecule has 2 N–H and O–H groups in total. The van der Waals surface area contributed by atoms with Gasteiger partial charge in [0, 0.05) is 10.9 Å². The SMILES string of the molecule is Cc1cccc(C(CF)NS(=O)(=O)c2ccc3oc(C(=O)O)c(C)c3c2)c1. The van der Waals surface area contributed by atoms with Crippen LogP contribution in [-0.4, -0.2) is 26.2 Å². The Morgan fingerprint density at radius 3 is 2.59 bits per heavy atom. The number of halogens is 1. The summed E-state index contributed by atoms with van der Waals surface area (Å²) in [6.07, 6.45) is 0. The topological polar surface area (TPSA) is 96.6 Å². The Morgan fingerprint density at radius 1 is 1.22 bits per heavy atom. The first-order valence-electron chi connectivity index (χ1n) is 8.14. The molecule has 0 fully saturated rings. The molecule has 3 aromatic rings. The van der Waals surface area contributed by atoms with Gasteiger partial charge in [-0.1, -0.05) is 29.8 Å². The summed E-state index contributed by atoms with van der Waals surface area (Å²) in [7, 11) is -4.03. The van der Waals surface area contributed by atoms with Crippen molar-refractivity contribution in [3.05, 3.63) is 64.9 Å². The summed E-state index contributed by atoms with van der Waals surface area (Å²) in [5.41, 5.74) is 2.01. The van der Waals surface area contributed by atoms with E-state index in [1.165, 1.54) is 25.1 Å². The second kappa shape index (κ2) is 7.13. The molecule has 3 rings (SSSR count). The molecule has 1 atom stereocenters. The van der Waals surface area contributed by atoms with Gasteiger partial charge >= 0.3 is 5.97 Å². The van der Waals surface area contributed by atoms with E-state index in [1.54, 1.807) is 18.2 Å². The van der Waals surface area contributed by atoms with Crippen LogP contribution in [0.1, 0.15) is 33.3 Å². The van der Waals surface area contributed by atoms with Gasteiger partial charge in [0.15, 0.2) is 0 Å². The van der Waals surface area contributed by atoms with Crippen molar-refractivity contribution < 1.29 is 27.1 Å². The molecule has 0 bridgehead atoms. The lowest BCUT2D eigenvalue weighted by Gasteiger charge is -2.16. The monoisotopic (exact) mass is 391 g/mol. The van der Waals surface area contributed by atoms with Crippen LogP contribution in [0.3, 0.4) is 0 Å².